The monoisotopic (exact) mass is 512 g/mol. The highest BCUT2D eigenvalue weighted by atomic mass is 31.2. The molecule has 0 heterocycles. The van der Waals surface area contributed by atoms with Crippen molar-refractivity contribution in [1.82, 2.24) is 9.80 Å². The summed E-state index contributed by atoms with van der Waals surface area (Å²) in [6.07, 6.45) is -2.94. The van der Waals surface area contributed by atoms with Gasteiger partial charge in [-0.25, -0.2) is 29.1 Å². The van der Waals surface area contributed by atoms with Crippen molar-refractivity contribution in [3.8, 4) is 0 Å². The SMILES string of the molecule is COOP(=O)(CCCN(CCN(CCCP(=O)(OOC)OOC)C(=O)O)C(=O)O)OOC. The summed E-state index contributed by atoms with van der Waals surface area (Å²) in [7, 11) is -2.99. The van der Waals surface area contributed by atoms with E-state index in [9.17, 15) is 28.9 Å². The number of hydrogen-bond donors (Lipinski definition) is 2. The molecule has 18 heteroatoms. The van der Waals surface area contributed by atoms with Gasteiger partial charge >= 0.3 is 27.4 Å². The van der Waals surface area contributed by atoms with E-state index in [1.807, 2.05) is 0 Å². The fourth-order valence-corrected chi connectivity index (χ4v) is 4.70. The van der Waals surface area contributed by atoms with E-state index in [0.717, 1.165) is 38.2 Å². The van der Waals surface area contributed by atoms with Gasteiger partial charge < -0.3 is 20.0 Å². The number of nitrogens with zero attached hydrogens (tertiary/aromatic N) is 2. The van der Waals surface area contributed by atoms with E-state index in [1.165, 1.54) is 0 Å². The molecule has 0 rings (SSSR count). The van der Waals surface area contributed by atoms with Gasteiger partial charge in [0.1, 0.15) is 0 Å². The van der Waals surface area contributed by atoms with E-state index >= 15 is 0 Å². The fraction of sp³-hybridized carbons (Fsp3) is 0.857. The molecule has 0 unspecified atom stereocenters. The molecule has 0 aliphatic heterocycles. The van der Waals surface area contributed by atoms with Gasteiger partial charge in [-0.1, -0.05) is 0 Å². The molecule has 190 valence electrons. The van der Waals surface area contributed by atoms with Gasteiger partial charge in [-0.3, -0.25) is 9.13 Å². The minimum atomic E-state index is -3.74. The van der Waals surface area contributed by atoms with Crippen LogP contribution in [-0.2, 0) is 47.4 Å². The minimum Gasteiger partial charge on any atom is -0.465 e. The first-order valence-corrected chi connectivity index (χ1v) is 12.6. The average Bonchev–Trinajstić information content (AvgIpc) is 2.69. The number of rotatable bonds is 19. The van der Waals surface area contributed by atoms with E-state index in [1.54, 1.807) is 0 Å². The molecule has 0 bridgehead atoms. The summed E-state index contributed by atoms with van der Waals surface area (Å²) in [4.78, 5) is 42.1. The number of carboxylic acid groups (broad SMARTS) is 2. The first-order chi connectivity index (χ1) is 15.1. The van der Waals surface area contributed by atoms with Crippen LogP contribution in [0.5, 0.6) is 0 Å². The largest absolute Gasteiger partial charge is 0.465 e. The Hall–Kier alpha value is -1.32. The minimum absolute atomic E-state index is 0.0509. The molecule has 0 atom stereocenters. The third kappa shape index (κ3) is 12.6. The Morgan fingerprint density at radius 3 is 1.12 bits per heavy atom. The molecule has 0 saturated carbocycles. The van der Waals surface area contributed by atoms with Gasteiger partial charge in [0.15, 0.2) is 0 Å². The van der Waals surface area contributed by atoms with Crippen molar-refractivity contribution < 1.29 is 67.2 Å². The third-order valence-electron chi connectivity index (χ3n) is 3.65. The van der Waals surface area contributed by atoms with Crippen LogP contribution < -0.4 is 0 Å². The summed E-state index contributed by atoms with van der Waals surface area (Å²) in [5.74, 6) is 0. The maximum Gasteiger partial charge on any atom is 0.407 e. The summed E-state index contributed by atoms with van der Waals surface area (Å²) in [5.41, 5.74) is 0. The van der Waals surface area contributed by atoms with Crippen LogP contribution >= 0.6 is 15.2 Å². The maximum absolute atomic E-state index is 12.2. The van der Waals surface area contributed by atoms with Gasteiger partial charge in [0.05, 0.1) is 40.8 Å². The molecule has 0 spiro atoms. The molecule has 0 fully saturated rings. The fourth-order valence-electron chi connectivity index (χ4n) is 2.39. The van der Waals surface area contributed by atoms with E-state index in [4.69, 9.17) is 0 Å². The molecule has 2 N–H and O–H groups in total. The van der Waals surface area contributed by atoms with E-state index in [0.29, 0.717) is 0 Å². The van der Waals surface area contributed by atoms with Crippen LogP contribution in [0.25, 0.3) is 0 Å². The van der Waals surface area contributed by atoms with E-state index < -0.39 is 27.4 Å². The summed E-state index contributed by atoms with van der Waals surface area (Å²) < 4.78 is 42.6. The first-order valence-electron chi connectivity index (χ1n) is 9.10. The topological polar surface area (TPSA) is 189 Å². The highest BCUT2D eigenvalue weighted by Gasteiger charge is 2.29. The lowest BCUT2D eigenvalue weighted by Gasteiger charge is -2.25. The Morgan fingerprint density at radius 2 is 0.906 bits per heavy atom. The standard InChI is InChI=1S/C14H30N2O14P2/c1-23-27-31(21,28-24-2)11-5-7-15(13(17)18)9-10-16(14(19)20)8-6-12-32(22,29-25-3)30-26-4/h5-12H2,1-4H3,(H,17,18)(H,19,20). The zero-order valence-electron chi connectivity index (χ0n) is 18.2. The molecular formula is C14H30N2O14P2. The van der Waals surface area contributed by atoms with Crippen molar-refractivity contribution in [2.45, 2.75) is 12.8 Å². The zero-order chi connectivity index (χ0) is 24.6. The Labute approximate surface area is 184 Å². The van der Waals surface area contributed by atoms with Gasteiger partial charge in [-0.15, -0.1) is 18.7 Å². The van der Waals surface area contributed by atoms with Gasteiger partial charge in [0, 0.05) is 26.2 Å². The van der Waals surface area contributed by atoms with Crippen LogP contribution in [0.2, 0.25) is 0 Å². The summed E-state index contributed by atoms with van der Waals surface area (Å²) in [5, 5.41) is 18.7. The molecule has 0 aromatic rings. The van der Waals surface area contributed by atoms with Crippen LogP contribution in [0.3, 0.4) is 0 Å². The Bertz CT molecular complexity index is 577. The van der Waals surface area contributed by atoms with Gasteiger partial charge in [-0.2, -0.15) is 0 Å². The number of amides is 2. The van der Waals surface area contributed by atoms with Crippen molar-refractivity contribution in [2.24, 2.45) is 0 Å². The van der Waals surface area contributed by atoms with E-state index in [2.05, 4.69) is 38.2 Å². The first kappa shape index (κ1) is 30.7. The molecule has 2 amide bonds. The molecular weight excluding hydrogens is 482 g/mol. The lowest BCUT2D eigenvalue weighted by Crippen LogP contribution is -2.41. The summed E-state index contributed by atoms with van der Waals surface area (Å²) >= 11 is 0. The maximum atomic E-state index is 12.2. The Kier molecular flexibility index (Phi) is 15.6. The van der Waals surface area contributed by atoms with Crippen molar-refractivity contribution in [1.29, 1.82) is 0 Å². The van der Waals surface area contributed by atoms with Crippen molar-refractivity contribution in [3.05, 3.63) is 0 Å². The molecule has 0 aromatic carbocycles. The van der Waals surface area contributed by atoms with Crippen LogP contribution in [-0.4, -0.2) is 99.1 Å². The molecule has 0 aliphatic carbocycles. The van der Waals surface area contributed by atoms with E-state index in [-0.39, 0.29) is 51.3 Å². The molecule has 0 saturated heterocycles. The molecule has 0 radical (unpaired) electrons. The zero-order valence-corrected chi connectivity index (χ0v) is 20.0. The molecule has 16 nitrogen and oxygen atoms in total. The second-order valence-electron chi connectivity index (χ2n) is 5.88. The second-order valence-corrected chi connectivity index (χ2v) is 9.81. The van der Waals surface area contributed by atoms with Crippen molar-refractivity contribution in [3.63, 3.8) is 0 Å². The molecule has 0 aromatic heterocycles. The summed E-state index contributed by atoms with van der Waals surface area (Å²) in [6.45, 7) is -0.539. The average molecular weight is 512 g/mol. The summed E-state index contributed by atoms with van der Waals surface area (Å²) in [6, 6.07) is 0. The third-order valence-corrected chi connectivity index (χ3v) is 6.89. The van der Waals surface area contributed by atoms with Crippen molar-refractivity contribution >= 4 is 27.4 Å². The Balaban J connectivity index is 4.75. The quantitative estimate of drug-likeness (QED) is 0.146. The number of hydrogen-bond acceptors (Lipinski definition) is 12. The predicted octanol–water partition coefficient (Wildman–Crippen LogP) is 2.42. The highest BCUT2D eigenvalue weighted by Crippen LogP contribution is 2.49. The van der Waals surface area contributed by atoms with Crippen LogP contribution in [0.15, 0.2) is 0 Å². The smallest absolute Gasteiger partial charge is 0.407 e. The van der Waals surface area contributed by atoms with Gasteiger partial charge in [0.25, 0.3) is 0 Å². The highest BCUT2D eigenvalue weighted by molar-refractivity contribution is 7.53. The van der Waals surface area contributed by atoms with Crippen molar-refractivity contribution in [2.75, 3.05) is 66.9 Å². The Morgan fingerprint density at radius 1 is 0.625 bits per heavy atom. The lowest BCUT2D eigenvalue weighted by molar-refractivity contribution is -0.242. The lowest BCUT2D eigenvalue weighted by atomic mass is 10.4. The normalized spacial score (nSPS) is 12.0. The second kappa shape index (κ2) is 16.3. The predicted molar refractivity (Wildman–Crippen MR) is 106 cm³/mol. The van der Waals surface area contributed by atoms with Crippen LogP contribution in [0, 0.1) is 0 Å². The van der Waals surface area contributed by atoms with Crippen LogP contribution in [0.1, 0.15) is 12.8 Å². The van der Waals surface area contributed by atoms with Gasteiger partial charge in [0.2, 0.25) is 0 Å². The molecule has 0 aliphatic rings. The van der Waals surface area contributed by atoms with Gasteiger partial charge in [-0.05, 0) is 12.8 Å². The number of carbonyl (C=O) groups is 2. The van der Waals surface area contributed by atoms with Crippen LogP contribution in [0.4, 0.5) is 9.59 Å². The molecule has 32 heavy (non-hydrogen) atoms.